The van der Waals surface area contributed by atoms with E-state index in [4.69, 9.17) is 10.2 Å². The minimum absolute atomic E-state index is 0.518. The molecule has 2 aromatic carbocycles. The van der Waals surface area contributed by atoms with Crippen LogP contribution in [0, 0.1) is 0 Å². The maximum atomic E-state index is 5.96. The maximum absolute atomic E-state index is 5.96. The maximum Gasteiger partial charge on any atom is 0.174 e. The third kappa shape index (κ3) is 4.49. The second-order valence-electron chi connectivity index (χ2n) is 5.45. The van der Waals surface area contributed by atoms with Crippen molar-refractivity contribution in [3.8, 4) is 22.9 Å². The molecule has 2 aromatic heterocycles. The number of aromatic amines is 1. The van der Waals surface area contributed by atoms with E-state index < -0.39 is 0 Å². The number of rotatable bonds is 3. The molecule has 0 unspecified atom stereocenters. The Labute approximate surface area is 166 Å². The fraction of sp³-hybridized carbons (Fsp3) is 0.217. The van der Waals surface area contributed by atoms with Crippen LogP contribution in [0.5, 0.6) is 0 Å². The molecule has 146 valence electrons. The highest BCUT2D eigenvalue weighted by atomic mass is 16.3. The average Bonchev–Trinajstić information content (AvgIpc) is 3.43. The largest absolute Gasteiger partial charge is 0.453 e. The summed E-state index contributed by atoms with van der Waals surface area (Å²) < 4.78 is 5.96. The number of nitrogens with one attached hydrogen (secondary N) is 1. The fourth-order valence-electron chi connectivity index (χ4n) is 2.62. The van der Waals surface area contributed by atoms with Crippen LogP contribution in [0.15, 0.2) is 70.1 Å². The van der Waals surface area contributed by atoms with E-state index in [1.54, 1.807) is 7.05 Å². The van der Waals surface area contributed by atoms with Gasteiger partial charge in [-0.3, -0.25) is 4.99 Å². The Morgan fingerprint density at radius 3 is 2.18 bits per heavy atom. The van der Waals surface area contributed by atoms with Gasteiger partial charge in [-0.15, -0.1) is 0 Å². The van der Waals surface area contributed by atoms with Crippen LogP contribution in [0.1, 0.15) is 33.3 Å². The van der Waals surface area contributed by atoms with Gasteiger partial charge in [0.1, 0.15) is 11.6 Å². The van der Waals surface area contributed by atoms with Crippen LogP contribution >= 0.6 is 0 Å². The minimum Gasteiger partial charge on any atom is -0.453 e. The lowest BCUT2D eigenvalue weighted by molar-refractivity contribution is 0.593. The van der Waals surface area contributed by atoms with E-state index in [1.807, 2.05) is 88.4 Å². The Kier molecular flexibility index (Phi) is 7.57. The van der Waals surface area contributed by atoms with Gasteiger partial charge in [0.25, 0.3) is 0 Å². The van der Waals surface area contributed by atoms with Crippen LogP contribution < -0.4 is 5.73 Å². The number of amidine groups is 1. The molecule has 2 heterocycles. The zero-order valence-corrected chi connectivity index (χ0v) is 17.2. The number of nitrogens with two attached hydrogens (primary N) is 1. The van der Waals surface area contributed by atoms with Crippen LogP contribution in [0.25, 0.3) is 33.9 Å². The summed E-state index contributed by atoms with van der Waals surface area (Å²) >= 11 is 0. The normalized spacial score (nSPS) is 10.7. The monoisotopic (exact) mass is 376 g/mol. The molecule has 28 heavy (non-hydrogen) atoms. The van der Waals surface area contributed by atoms with Crippen LogP contribution in [0.3, 0.4) is 0 Å². The molecule has 0 amide bonds. The molecular formula is C23H28N4O. The van der Waals surface area contributed by atoms with E-state index in [1.165, 1.54) is 0 Å². The van der Waals surface area contributed by atoms with Crippen molar-refractivity contribution >= 4 is 16.9 Å². The van der Waals surface area contributed by atoms with Gasteiger partial charge in [-0.05, 0) is 24.3 Å². The van der Waals surface area contributed by atoms with E-state index in [0.717, 1.165) is 33.7 Å². The Morgan fingerprint density at radius 1 is 0.893 bits per heavy atom. The smallest absolute Gasteiger partial charge is 0.174 e. The van der Waals surface area contributed by atoms with Gasteiger partial charge < -0.3 is 15.1 Å². The van der Waals surface area contributed by atoms with E-state index in [-0.39, 0.29) is 0 Å². The fourth-order valence-corrected chi connectivity index (χ4v) is 2.62. The Bertz CT molecular complexity index is 993. The highest BCUT2D eigenvalue weighted by Crippen LogP contribution is 2.28. The molecule has 0 aliphatic carbocycles. The summed E-state index contributed by atoms with van der Waals surface area (Å²) in [5.74, 6) is 2.73. The summed E-state index contributed by atoms with van der Waals surface area (Å²) in [5, 5.41) is 0. The van der Waals surface area contributed by atoms with Gasteiger partial charge in [0.2, 0.25) is 0 Å². The second-order valence-corrected chi connectivity index (χ2v) is 5.45. The number of benzene rings is 2. The Morgan fingerprint density at radius 2 is 1.54 bits per heavy atom. The van der Waals surface area contributed by atoms with Crippen molar-refractivity contribution in [1.82, 2.24) is 9.97 Å². The first-order valence-corrected chi connectivity index (χ1v) is 9.62. The van der Waals surface area contributed by atoms with Gasteiger partial charge >= 0.3 is 0 Å². The number of para-hydroxylation sites is 2. The SMILES string of the molecule is CC.CC.CN=C(N)c1ccc(-c2ccc(-c3nc4ccccc4[nH]3)o2)cc1. The molecule has 0 aliphatic rings. The molecule has 0 atom stereocenters. The van der Waals surface area contributed by atoms with Gasteiger partial charge in [0, 0.05) is 18.2 Å². The van der Waals surface area contributed by atoms with Gasteiger partial charge in [-0.25, -0.2) is 4.98 Å². The molecule has 0 spiro atoms. The number of nitrogens with zero attached hydrogens (tertiary/aromatic N) is 2. The molecule has 4 aromatic rings. The molecule has 0 saturated heterocycles. The molecule has 5 heteroatoms. The lowest BCUT2D eigenvalue weighted by Crippen LogP contribution is -2.12. The van der Waals surface area contributed by atoms with Gasteiger partial charge in [-0.2, -0.15) is 0 Å². The van der Waals surface area contributed by atoms with Gasteiger partial charge in [-0.1, -0.05) is 64.1 Å². The van der Waals surface area contributed by atoms with Gasteiger partial charge in [0.05, 0.1) is 11.0 Å². The predicted molar refractivity (Wildman–Crippen MR) is 119 cm³/mol. The summed E-state index contributed by atoms with van der Waals surface area (Å²) in [7, 11) is 1.68. The summed E-state index contributed by atoms with van der Waals surface area (Å²) in [6, 6.07) is 19.6. The van der Waals surface area contributed by atoms with Crippen molar-refractivity contribution in [1.29, 1.82) is 0 Å². The number of hydrogen-bond acceptors (Lipinski definition) is 3. The zero-order valence-electron chi connectivity index (χ0n) is 17.2. The number of H-pyrrole nitrogens is 1. The van der Waals surface area contributed by atoms with Crippen molar-refractivity contribution in [2.75, 3.05) is 7.05 Å². The molecule has 0 saturated carbocycles. The number of hydrogen-bond donors (Lipinski definition) is 2. The van der Waals surface area contributed by atoms with E-state index in [9.17, 15) is 0 Å². The standard InChI is InChI=1S/C19H16N4O.2C2H6/c1-21-18(20)13-8-6-12(7-9-13)16-10-11-17(24-16)19-22-14-4-2-3-5-15(14)23-19;2*1-2/h2-11H,1H3,(H2,20,21)(H,22,23);2*1-2H3. The molecular weight excluding hydrogens is 348 g/mol. The van der Waals surface area contributed by atoms with Crippen LogP contribution in [-0.2, 0) is 0 Å². The summed E-state index contributed by atoms with van der Waals surface area (Å²) in [5.41, 5.74) is 9.60. The molecule has 0 aliphatic heterocycles. The quantitative estimate of drug-likeness (QED) is 0.346. The first kappa shape index (κ1) is 21.0. The van der Waals surface area contributed by atoms with Crippen LogP contribution in [0.2, 0.25) is 0 Å². The lowest BCUT2D eigenvalue weighted by Gasteiger charge is -2.01. The van der Waals surface area contributed by atoms with E-state index in [2.05, 4.69) is 15.0 Å². The number of aliphatic imine (C=N–C) groups is 1. The zero-order chi connectivity index (χ0) is 20.5. The molecule has 3 N–H and O–H groups in total. The van der Waals surface area contributed by atoms with Crippen LogP contribution in [-0.4, -0.2) is 22.9 Å². The van der Waals surface area contributed by atoms with Crippen molar-refractivity contribution in [2.45, 2.75) is 27.7 Å². The molecule has 0 radical (unpaired) electrons. The van der Waals surface area contributed by atoms with Gasteiger partial charge in [0.15, 0.2) is 11.6 Å². The molecule has 5 nitrogen and oxygen atoms in total. The molecule has 0 bridgehead atoms. The van der Waals surface area contributed by atoms with E-state index >= 15 is 0 Å². The number of imidazole rings is 1. The van der Waals surface area contributed by atoms with Crippen molar-refractivity contribution in [3.05, 3.63) is 66.2 Å². The molecule has 0 fully saturated rings. The number of fused-ring (bicyclic) bond motifs is 1. The Hall–Kier alpha value is -3.34. The van der Waals surface area contributed by atoms with Crippen molar-refractivity contribution < 1.29 is 4.42 Å². The summed E-state index contributed by atoms with van der Waals surface area (Å²) in [6.07, 6.45) is 0. The third-order valence-electron chi connectivity index (χ3n) is 3.93. The number of furan rings is 1. The van der Waals surface area contributed by atoms with Crippen molar-refractivity contribution in [2.24, 2.45) is 10.7 Å². The molecule has 4 rings (SSSR count). The Balaban J connectivity index is 0.000000660. The van der Waals surface area contributed by atoms with Crippen molar-refractivity contribution in [3.63, 3.8) is 0 Å². The highest BCUT2D eigenvalue weighted by Gasteiger charge is 2.11. The van der Waals surface area contributed by atoms with Crippen LogP contribution in [0.4, 0.5) is 0 Å². The lowest BCUT2D eigenvalue weighted by atomic mass is 10.1. The average molecular weight is 377 g/mol. The van der Waals surface area contributed by atoms with E-state index in [0.29, 0.717) is 11.6 Å². The second kappa shape index (κ2) is 10.1. The highest BCUT2D eigenvalue weighted by molar-refractivity contribution is 5.97. The topological polar surface area (TPSA) is 80.2 Å². The summed E-state index contributed by atoms with van der Waals surface area (Å²) in [6.45, 7) is 8.00. The minimum atomic E-state index is 0.518. The third-order valence-corrected chi connectivity index (χ3v) is 3.93. The first-order valence-electron chi connectivity index (χ1n) is 9.62. The number of aromatic nitrogens is 2. The first-order chi connectivity index (χ1) is 13.7. The predicted octanol–water partition coefficient (Wildman–Crippen LogP) is 5.88. The summed E-state index contributed by atoms with van der Waals surface area (Å²) in [4.78, 5) is 11.8.